The molecule has 0 aliphatic heterocycles. The summed E-state index contributed by atoms with van der Waals surface area (Å²) in [5.74, 6) is 0.797. The lowest BCUT2D eigenvalue weighted by atomic mass is 10.0. The van der Waals surface area contributed by atoms with E-state index in [1.54, 1.807) is 18.2 Å². The molecule has 3 N–H and O–H groups in total. The van der Waals surface area contributed by atoms with E-state index in [1.165, 1.54) is 10.4 Å². The second-order valence-electron chi connectivity index (χ2n) is 11.2. The summed E-state index contributed by atoms with van der Waals surface area (Å²) in [6.07, 6.45) is 0.776. The van der Waals surface area contributed by atoms with Crippen molar-refractivity contribution >= 4 is 18.7 Å². The predicted molar refractivity (Wildman–Crippen MR) is 165 cm³/mol. The van der Waals surface area contributed by atoms with E-state index in [0.717, 1.165) is 11.1 Å². The van der Waals surface area contributed by atoms with Gasteiger partial charge >= 0.3 is 0 Å². The van der Waals surface area contributed by atoms with E-state index < -0.39 is 20.5 Å². The third-order valence-electron chi connectivity index (χ3n) is 7.32. The van der Waals surface area contributed by atoms with Gasteiger partial charge in [0.2, 0.25) is 0 Å². The Kier molecular flexibility index (Phi) is 10.3. The monoisotopic (exact) mass is 568 g/mol. The van der Waals surface area contributed by atoms with Gasteiger partial charge in [-0.25, -0.2) is 0 Å². The van der Waals surface area contributed by atoms with Crippen LogP contribution in [0.15, 0.2) is 125 Å². The molecule has 2 atom stereocenters. The minimum absolute atomic E-state index is 0.192. The molecule has 0 radical (unpaired) electrons. The number of benzene rings is 3. The molecule has 0 aliphatic rings. The molecule has 4 rings (SSSR count). The van der Waals surface area contributed by atoms with E-state index >= 15 is 0 Å². The summed E-state index contributed by atoms with van der Waals surface area (Å²) in [4.78, 5) is 0. The lowest BCUT2D eigenvalue weighted by molar-refractivity contribution is 0.145. The Morgan fingerprint density at radius 1 is 0.829 bits per heavy atom. The van der Waals surface area contributed by atoms with Crippen molar-refractivity contribution in [2.24, 2.45) is 0 Å². The van der Waals surface area contributed by atoms with E-state index in [1.807, 2.05) is 42.5 Å². The fraction of sp³-hybridized carbons (Fsp3) is 0.286. The van der Waals surface area contributed by atoms with Crippen LogP contribution in [-0.4, -0.2) is 30.2 Å². The molecule has 3 aromatic carbocycles. The Morgan fingerprint density at radius 2 is 1.39 bits per heavy atom. The number of hydrogen-bond donors (Lipinski definition) is 3. The maximum absolute atomic E-state index is 11.1. The molecular formula is C35H40O5Si. The van der Waals surface area contributed by atoms with Gasteiger partial charge in [0, 0.05) is 12.8 Å². The highest BCUT2D eigenvalue weighted by atomic mass is 28.4. The first-order valence-corrected chi connectivity index (χ1v) is 15.9. The maximum atomic E-state index is 11.1. The largest absolute Gasteiger partial charge is 0.461 e. The van der Waals surface area contributed by atoms with Crippen LogP contribution in [0.25, 0.3) is 0 Å². The molecule has 0 fully saturated rings. The summed E-state index contributed by atoms with van der Waals surface area (Å²) in [6.45, 7) is 6.76. The van der Waals surface area contributed by atoms with Crippen LogP contribution >= 0.6 is 0 Å². The molecule has 1 aromatic heterocycles. The quantitative estimate of drug-likeness (QED) is 0.145. The topological polar surface area (TPSA) is 83.1 Å². The summed E-state index contributed by atoms with van der Waals surface area (Å²) in [6, 6.07) is 33.8. The third kappa shape index (κ3) is 7.43. The van der Waals surface area contributed by atoms with Gasteiger partial charge in [0.15, 0.2) is 0 Å². The van der Waals surface area contributed by atoms with E-state index in [9.17, 15) is 15.3 Å². The fourth-order valence-corrected chi connectivity index (χ4v) is 9.78. The highest BCUT2D eigenvalue weighted by Gasteiger charge is 2.50. The molecule has 1 heterocycles. The van der Waals surface area contributed by atoms with Crippen molar-refractivity contribution in [3.63, 3.8) is 0 Å². The smallest absolute Gasteiger partial charge is 0.261 e. The molecule has 6 heteroatoms. The zero-order valence-corrected chi connectivity index (χ0v) is 25.0. The van der Waals surface area contributed by atoms with Gasteiger partial charge in [0.05, 0.1) is 12.7 Å². The first kappa shape index (κ1) is 30.5. The van der Waals surface area contributed by atoms with Crippen molar-refractivity contribution in [3.8, 4) is 0 Å². The summed E-state index contributed by atoms with van der Waals surface area (Å²) >= 11 is 0. The predicted octanol–water partition coefficient (Wildman–Crippen LogP) is 5.98. The number of furan rings is 1. The summed E-state index contributed by atoms with van der Waals surface area (Å²) in [5, 5.41) is 33.2. The van der Waals surface area contributed by atoms with Crippen LogP contribution in [0.4, 0.5) is 0 Å². The molecule has 0 saturated heterocycles. The first-order chi connectivity index (χ1) is 19.7. The highest BCUT2D eigenvalue weighted by molar-refractivity contribution is 6.99. The minimum atomic E-state index is -2.80. The summed E-state index contributed by atoms with van der Waals surface area (Å²) in [7, 11) is -2.80. The van der Waals surface area contributed by atoms with Crippen molar-refractivity contribution in [1.82, 2.24) is 0 Å². The van der Waals surface area contributed by atoms with Crippen LogP contribution in [-0.2, 0) is 11.0 Å². The molecule has 0 unspecified atom stereocenters. The average molecular weight is 569 g/mol. The third-order valence-corrected chi connectivity index (χ3v) is 12.3. The van der Waals surface area contributed by atoms with Gasteiger partial charge in [0.1, 0.15) is 24.2 Å². The molecule has 0 amide bonds. The van der Waals surface area contributed by atoms with Gasteiger partial charge in [-0.1, -0.05) is 112 Å². The summed E-state index contributed by atoms with van der Waals surface area (Å²) in [5.41, 5.74) is 4.97. The van der Waals surface area contributed by atoms with Gasteiger partial charge in [-0.15, -0.1) is 5.73 Å². The lowest BCUT2D eigenvalue weighted by Gasteiger charge is -2.43. The Morgan fingerprint density at radius 3 is 1.90 bits per heavy atom. The maximum Gasteiger partial charge on any atom is 0.261 e. The Balaban J connectivity index is 1.69. The van der Waals surface area contributed by atoms with Crippen LogP contribution in [0, 0.1) is 0 Å². The zero-order chi connectivity index (χ0) is 29.3. The Hall–Kier alpha value is -3.48. The van der Waals surface area contributed by atoms with Gasteiger partial charge in [-0.3, -0.25) is 0 Å². The van der Waals surface area contributed by atoms with Crippen LogP contribution in [0.5, 0.6) is 0 Å². The Labute approximate surface area is 244 Å². The van der Waals surface area contributed by atoms with Crippen LogP contribution in [0.3, 0.4) is 0 Å². The second-order valence-corrected chi connectivity index (χ2v) is 15.6. The van der Waals surface area contributed by atoms with Crippen molar-refractivity contribution in [3.05, 3.63) is 138 Å². The first-order valence-electron chi connectivity index (χ1n) is 14.0. The van der Waals surface area contributed by atoms with Crippen molar-refractivity contribution in [1.29, 1.82) is 0 Å². The molecule has 0 saturated carbocycles. The van der Waals surface area contributed by atoms with E-state index in [-0.39, 0.29) is 24.7 Å². The molecule has 4 aromatic rings. The van der Waals surface area contributed by atoms with Gasteiger partial charge in [-0.05, 0) is 44.8 Å². The minimum Gasteiger partial charge on any atom is -0.461 e. The average Bonchev–Trinajstić information content (AvgIpc) is 3.48. The molecule has 0 spiro atoms. The number of rotatable bonds is 12. The number of aliphatic hydroxyl groups is 3. The van der Waals surface area contributed by atoms with Gasteiger partial charge < -0.3 is 24.2 Å². The normalized spacial score (nSPS) is 13.3. The van der Waals surface area contributed by atoms with Crippen molar-refractivity contribution in [2.75, 3.05) is 6.61 Å². The molecule has 0 bridgehead atoms. The zero-order valence-electron chi connectivity index (χ0n) is 24.0. The van der Waals surface area contributed by atoms with E-state index in [0.29, 0.717) is 17.9 Å². The highest BCUT2D eigenvalue weighted by Crippen LogP contribution is 2.37. The molecule has 41 heavy (non-hydrogen) atoms. The van der Waals surface area contributed by atoms with Crippen molar-refractivity contribution in [2.45, 2.75) is 57.5 Å². The van der Waals surface area contributed by atoms with Crippen LogP contribution < -0.4 is 10.4 Å². The lowest BCUT2D eigenvalue weighted by Crippen LogP contribution is -2.66. The van der Waals surface area contributed by atoms with Gasteiger partial charge in [-0.2, -0.15) is 0 Å². The molecule has 0 aliphatic carbocycles. The number of aliphatic hydroxyl groups excluding tert-OH is 3. The second kappa shape index (κ2) is 13.9. The van der Waals surface area contributed by atoms with Crippen molar-refractivity contribution < 1.29 is 24.2 Å². The number of hydrogen-bond acceptors (Lipinski definition) is 5. The SMILES string of the molecule is CC(C)(C)[Si](OCC(=C=CC[C@@H](O)c1ccc(CO)o1)C[C@@H](O)c1ccccc1)(c1ccccc1)c1ccccc1. The molecular weight excluding hydrogens is 528 g/mol. The molecule has 5 nitrogen and oxygen atoms in total. The fourth-order valence-electron chi connectivity index (χ4n) is 5.23. The van der Waals surface area contributed by atoms with E-state index in [2.05, 4.69) is 75.0 Å². The van der Waals surface area contributed by atoms with Gasteiger partial charge in [0.25, 0.3) is 8.32 Å². The summed E-state index contributed by atoms with van der Waals surface area (Å²) < 4.78 is 12.6. The molecule has 214 valence electrons. The standard InChI is InChI=1S/C35H40O5Si/c1-35(2,3)41(30-17-9-5-10-18-30,31-19-11-6-12-20-31)39-26-27(24-33(38)28-15-7-4-8-16-28)14-13-21-32(37)34-23-22-29(25-36)40-34/h4-13,15-20,22-23,32-33,36-38H,21,24-26H2,1-3H3/t14?,32-,33-/m1/s1. The van der Waals surface area contributed by atoms with E-state index in [4.69, 9.17) is 8.84 Å². The van der Waals surface area contributed by atoms with Crippen LogP contribution in [0.1, 0.15) is 62.9 Å². The Bertz CT molecular complexity index is 1380. The van der Waals surface area contributed by atoms with Crippen LogP contribution in [0.2, 0.25) is 5.04 Å².